The number of β-amino-alcohol motifs (C(OH)–C–C–N with tert-alkyl or cyclic N) is 1. The van der Waals surface area contributed by atoms with Crippen molar-refractivity contribution in [1.29, 1.82) is 0 Å². The number of aliphatic hydroxyl groups excluding tert-OH is 4. The highest BCUT2D eigenvalue weighted by atomic mass is 16.4. The van der Waals surface area contributed by atoms with Crippen LogP contribution in [0.5, 0.6) is 0 Å². The Kier molecular flexibility index (Phi) is 3.27. The van der Waals surface area contributed by atoms with Gasteiger partial charge in [0.1, 0.15) is 6.10 Å². The molecule has 1 aliphatic heterocycles. The van der Waals surface area contributed by atoms with Crippen LogP contribution in [0.25, 0.3) is 0 Å². The molecule has 88 valence electrons. The summed E-state index contributed by atoms with van der Waals surface area (Å²) in [6.45, 7) is 1.50. The smallest absolute Gasteiger partial charge is 0.106 e. The van der Waals surface area contributed by atoms with Gasteiger partial charge in [-0.05, 0) is 19.4 Å². The molecule has 0 aromatic rings. The number of nitrogens with zero attached hydrogens (tertiary/aromatic N) is 1. The molecule has 0 amide bonds. The molecule has 4 N–H and O–H groups in total. The number of rotatable bonds is 2. The second kappa shape index (κ2) is 4.35. The molecule has 5 atom stereocenters. The highest BCUT2D eigenvalue weighted by molar-refractivity contribution is 5.00. The number of fused-ring (bicyclic) bond motifs is 1. The lowest BCUT2D eigenvalue weighted by Gasteiger charge is -2.40. The Morgan fingerprint density at radius 2 is 1.87 bits per heavy atom. The molecule has 1 heterocycles. The van der Waals surface area contributed by atoms with Gasteiger partial charge in [-0.1, -0.05) is 0 Å². The van der Waals surface area contributed by atoms with Crippen LogP contribution in [0.2, 0.25) is 0 Å². The lowest BCUT2D eigenvalue weighted by atomic mass is 9.79. The quantitative estimate of drug-likeness (QED) is 0.437. The second-order valence-corrected chi connectivity index (χ2v) is 4.56. The Balaban J connectivity index is 2.06. The molecular weight excluding hydrogens is 198 g/mol. The molecule has 0 aromatic heterocycles. The fraction of sp³-hybridized carbons (Fsp3) is 1.00. The van der Waals surface area contributed by atoms with Crippen molar-refractivity contribution in [2.75, 3.05) is 19.7 Å². The first kappa shape index (κ1) is 11.3. The van der Waals surface area contributed by atoms with Gasteiger partial charge in [0.25, 0.3) is 0 Å². The molecule has 0 radical (unpaired) electrons. The maximum absolute atomic E-state index is 9.81. The fourth-order valence-corrected chi connectivity index (χ4v) is 2.94. The van der Waals surface area contributed by atoms with E-state index in [9.17, 15) is 15.3 Å². The Morgan fingerprint density at radius 1 is 1.13 bits per heavy atom. The van der Waals surface area contributed by atoms with E-state index in [2.05, 4.69) is 4.90 Å². The van der Waals surface area contributed by atoms with E-state index in [1.807, 2.05) is 0 Å². The standard InChI is InChI=1S/C10H19NO4/c12-4-3-11-2-1-6-7(11)5-8(13)10(15)9(6)14/h6-10,12-15H,1-5H2/t6-,7-,8-,9+,10+/m1/s1. The monoisotopic (exact) mass is 217 g/mol. The molecule has 1 aliphatic carbocycles. The summed E-state index contributed by atoms with van der Waals surface area (Å²) in [6, 6.07) is 0.102. The molecule has 15 heavy (non-hydrogen) atoms. The molecule has 5 nitrogen and oxygen atoms in total. The minimum atomic E-state index is -1.01. The van der Waals surface area contributed by atoms with Crippen molar-refractivity contribution in [1.82, 2.24) is 4.90 Å². The molecule has 0 spiro atoms. The van der Waals surface area contributed by atoms with Gasteiger partial charge in [0.2, 0.25) is 0 Å². The van der Waals surface area contributed by atoms with Crippen molar-refractivity contribution in [3.63, 3.8) is 0 Å². The van der Waals surface area contributed by atoms with Crippen molar-refractivity contribution < 1.29 is 20.4 Å². The molecule has 5 heteroatoms. The lowest BCUT2D eigenvalue weighted by molar-refractivity contribution is -0.122. The van der Waals surface area contributed by atoms with Crippen molar-refractivity contribution >= 4 is 0 Å². The van der Waals surface area contributed by atoms with Crippen LogP contribution >= 0.6 is 0 Å². The SMILES string of the molecule is OCCN1CC[C@H]2[C@H](O)[C@@H](O)[C@H](O)C[C@H]21. The van der Waals surface area contributed by atoms with E-state index in [-0.39, 0.29) is 18.6 Å². The van der Waals surface area contributed by atoms with E-state index in [4.69, 9.17) is 5.11 Å². The molecule has 0 aromatic carbocycles. The molecule has 2 aliphatic rings. The van der Waals surface area contributed by atoms with Crippen LogP contribution in [-0.4, -0.2) is 69.4 Å². The predicted molar refractivity (Wildman–Crippen MR) is 53.2 cm³/mol. The summed E-state index contributed by atoms with van der Waals surface area (Å²) in [6.07, 6.45) is -1.37. The molecule has 2 fully saturated rings. The summed E-state index contributed by atoms with van der Waals surface area (Å²) in [5, 5.41) is 37.8. The van der Waals surface area contributed by atoms with Gasteiger partial charge < -0.3 is 20.4 Å². The average Bonchev–Trinajstić information content (AvgIpc) is 2.59. The van der Waals surface area contributed by atoms with Gasteiger partial charge in [-0.15, -0.1) is 0 Å². The first-order chi connectivity index (χ1) is 7.15. The summed E-state index contributed by atoms with van der Waals surface area (Å²) in [4.78, 5) is 2.09. The highest BCUT2D eigenvalue weighted by Gasteiger charge is 2.47. The Morgan fingerprint density at radius 3 is 2.53 bits per heavy atom. The van der Waals surface area contributed by atoms with E-state index < -0.39 is 18.3 Å². The molecule has 0 unspecified atom stereocenters. The van der Waals surface area contributed by atoms with Gasteiger partial charge >= 0.3 is 0 Å². The van der Waals surface area contributed by atoms with E-state index in [1.54, 1.807) is 0 Å². The van der Waals surface area contributed by atoms with E-state index in [1.165, 1.54) is 0 Å². The van der Waals surface area contributed by atoms with Gasteiger partial charge in [0.15, 0.2) is 0 Å². The second-order valence-electron chi connectivity index (χ2n) is 4.56. The van der Waals surface area contributed by atoms with Gasteiger partial charge in [-0.2, -0.15) is 0 Å². The van der Waals surface area contributed by atoms with Gasteiger partial charge in [0, 0.05) is 18.5 Å². The van der Waals surface area contributed by atoms with E-state index >= 15 is 0 Å². The summed E-state index contributed by atoms with van der Waals surface area (Å²) in [7, 11) is 0. The van der Waals surface area contributed by atoms with Gasteiger partial charge in [0.05, 0.1) is 18.8 Å². The maximum atomic E-state index is 9.81. The van der Waals surface area contributed by atoms with Crippen LogP contribution < -0.4 is 0 Å². The van der Waals surface area contributed by atoms with E-state index in [0.29, 0.717) is 13.0 Å². The minimum Gasteiger partial charge on any atom is -0.395 e. The predicted octanol–water partition coefficient (Wildman–Crippen LogP) is -1.84. The Hall–Kier alpha value is -0.200. The van der Waals surface area contributed by atoms with Crippen molar-refractivity contribution in [2.24, 2.45) is 5.92 Å². The normalized spacial score (nSPS) is 46.8. The summed E-state index contributed by atoms with van der Waals surface area (Å²) in [5.41, 5.74) is 0. The van der Waals surface area contributed by atoms with Crippen LogP contribution in [0.15, 0.2) is 0 Å². The third-order valence-corrected chi connectivity index (χ3v) is 3.77. The van der Waals surface area contributed by atoms with Crippen molar-refractivity contribution in [2.45, 2.75) is 37.2 Å². The first-order valence-electron chi connectivity index (χ1n) is 5.54. The van der Waals surface area contributed by atoms with Gasteiger partial charge in [-0.25, -0.2) is 0 Å². The third kappa shape index (κ3) is 1.90. The number of aliphatic hydroxyl groups is 4. The van der Waals surface area contributed by atoms with Crippen molar-refractivity contribution in [3.05, 3.63) is 0 Å². The fourth-order valence-electron chi connectivity index (χ4n) is 2.94. The summed E-state index contributed by atoms with van der Waals surface area (Å²) < 4.78 is 0. The zero-order chi connectivity index (χ0) is 11.0. The highest BCUT2D eigenvalue weighted by Crippen LogP contribution is 2.36. The maximum Gasteiger partial charge on any atom is 0.106 e. The zero-order valence-electron chi connectivity index (χ0n) is 8.66. The first-order valence-corrected chi connectivity index (χ1v) is 5.54. The van der Waals surface area contributed by atoms with Crippen LogP contribution in [-0.2, 0) is 0 Å². The number of hydrogen-bond donors (Lipinski definition) is 4. The topological polar surface area (TPSA) is 84.2 Å². The zero-order valence-corrected chi connectivity index (χ0v) is 8.66. The van der Waals surface area contributed by atoms with E-state index in [0.717, 1.165) is 13.0 Å². The van der Waals surface area contributed by atoms with Crippen molar-refractivity contribution in [3.8, 4) is 0 Å². The molecule has 1 saturated carbocycles. The van der Waals surface area contributed by atoms with Gasteiger partial charge in [-0.3, -0.25) is 4.90 Å². The summed E-state index contributed by atoms with van der Waals surface area (Å²) in [5.74, 6) is 0.0370. The number of likely N-dealkylation sites (tertiary alicyclic amines) is 1. The van der Waals surface area contributed by atoms with Crippen LogP contribution in [0.3, 0.4) is 0 Å². The molecule has 2 rings (SSSR count). The minimum absolute atomic E-state index is 0.0370. The van der Waals surface area contributed by atoms with Crippen LogP contribution in [0, 0.1) is 5.92 Å². The molecule has 1 saturated heterocycles. The average molecular weight is 217 g/mol. The third-order valence-electron chi connectivity index (χ3n) is 3.77. The summed E-state index contributed by atoms with van der Waals surface area (Å²) >= 11 is 0. The van der Waals surface area contributed by atoms with Crippen LogP contribution in [0.1, 0.15) is 12.8 Å². The molecular formula is C10H19NO4. The number of hydrogen-bond acceptors (Lipinski definition) is 5. The lowest BCUT2D eigenvalue weighted by Crippen LogP contribution is -2.54. The Labute approximate surface area is 88.9 Å². The Bertz CT molecular complexity index is 225. The largest absolute Gasteiger partial charge is 0.395 e. The van der Waals surface area contributed by atoms with Crippen LogP contribution in [0.4, 0.5) is 0 Å². The molecule has 0 bridgehead atoms.